The van der Waals surface area contributed by atoms with Gasteiger partial charge in [-0.1, -0.05) is 30.8 Å². The highest BCUT2D eigenvalue weighted by molar-refractivity contribution is 6.35. The van der Waals surface area contributed by atoms with Crippen molar-refractivity contribution in [1.29, 1.82) is 0 Å². The van der Waals surface area contributed by atoms with Crippen molar-refractivity contribution in [2.24, 2.45) is 0 Å². The number of piperazine rings is 1. The van der Waals surface area contributed by atoms with Gasteiger partial charge in [0.2, 0.25) is 5.91 Å². The lowest BCUT2D eigenvalue weighted by molar-refractivity contribution is -0.129. The van der Waals surface area contributed by atoms with Crippen LogP contribution in [0.4, 0.5) is 10.2 Å². The molecule has 2 unspecified atom stereocenters. The molecule has 0 spiro atoms. The van der Waals surface area contributed by atoms with Gasteiger partial charge in [0.25, 0.3) is 0 Å². The van der Waals surface area contributed by atoms with Gasteiger partial charge < -0.3 is 14.5 Å². The maximum Gasteiger partial charge on any atom is 0.246 e. The Morgan fingerprint density at radius 2 is 1.94 bits per heavy atom. The summed E-state index contributed by atoms with van der Waals surface area (Å²) in [6, 6.07) is 6.67. The van der Waals surface area contributed by atoms with E-state index in [1.165, 1.54) is 25.6 Å². The van der Waals surface area contributed by atoms with Crippen LogP contribution in [-0.2, 0) is 4.79 Å². The molecule has 0 saturated carbocycles. The van der Waals surface area contributed by atoms with E-state index in [9.17, 15) is 4.79 Å². The first kappa shape index (κ1) is 23.3. The largest absolute Gasteiger partial charge is 0.496 e. The number of hydrogen-bond acceptors (Lipinski definition) is 5. The molecule has 5 rings (SSSR count). The van der Waals surface area contributed by atoms with Gasteiger partial charge in [-0.05, 0) is 49.6 Å². The van der Waals surface area contributed by atoms with E-state index in [2.05, 4.69) is 28.0 Å². The molecule has 35 heavy (non-hydrogen) atoms. The summed E-state index contributed by atoms with van der Waals surface area (Å²) < 4.78 is 20.6. The lowest BCUT2D eigenvalue weighted by Crippen LogP contribution is -2.55. The van der Waals surface area contributed by atoms with Gasteiger partial charge in [-0.15, -0.1) is 0 Å². The molecule has 180 valence electrons. The number of hydrogen-bond donors (Lipinski definition) is 0. The molecule has 3 heterocycles. The third-order valence-electron chi connectivity index (χ3n) is 6.94. The molecule has 1 amide bonds. The van der Waals surface area contributed by atoms with Crippen LogP contribution in [0.3, 0.4) is 0 Å². The molecule has 8 heteroatoms. The zero-order valence-corrected chi connectivity index (χ0v) is 20.5. The number of nitrogens with zero attached hydrogens (tertiary/aromatic N) is 4. The molecule has 2 aliphatic rings. The Hall–Kier alpha value is -3.45. The molecule has 0 radical (unpaired) electrons. The molecule has 1 aromatic heterocycles. The number of allylic oxidation sites excluding steroid dienone is 1. The van der Waals surface area contributed by atoms with Crippen molar-refractivity contribution in [3.63, 3.8) is 0 Å². The standard InChI is InChI=1S/C27H26ClFN4O2/c1-5-22(34)33-16-9-10-17(33)13-32(12-16)27-18-11-19(28)24(23(15(2)3)26(18)30-14-31-27)25-20(29)7-6-8-21(25)35-4/h5-8,11,14,16-17H,1-2,9-10,12-13H2,3-4H3. The third kappa shape index (κ3) is 3.74. The molecule has 2 atom stereocenters. The number of anilines is 1. The summed E-state index contributed by atoms with van der Waals surface area (Å²) in [7, 11) is 1.50. The van der Waals surface area contributed by atoms with Crippen LogP contribution in [0.15, 0.2) is 49.8 Å². The number of benzene rings is 2. The smallest absolute Gasteiger partial charge is 0.246 e. The molecule has 2 fully saturated rings. The summed E-state index contributed by atoms with van der Waals surface area (Å²) in [6.45, 7) is 11.0. The second-order valence-corrected chi connectivity index (χ2v) is 9.45. The highest BCUT2D eigenvalue weighted by Crippen LogP contribution is 2.45. The van der Waals surface area contributed by atoms with Gasteiger partial charge in [0.15, 0.2) is 0 Å². The number of methoxy groups -OCH3 is 1. The SMILES string of the molecule is C=CC(=O)N1C2CCC1CN(c1ncnc3c(C(=C)C)c(-c4c(F)cccc4OC)c(Cl)cc13)C2. The molecule has 2 saturated heterocycles. The third-order valence-corrected chi connectivity index (χ3v) is 7.24. The number of ether oxygens (including phenoxy) is 1. The average molecular weight is 493 g/mol. The van der Waals surface area contributed by atoms with Gasteiger partial charge in [0, 0.05) is 41.7 Å². The predicted octanol–water partition coefficient (Wildman–Crippen LogP) is 5.50. The van der Waals surface area contributed by atoms with Crippen molar-refractivity contribution >= 4 is 39.8 Å². The zero-order chi connectivity index (χ0) is 24.9. The van der Waals surface area contributed by atoms with Crippen molar-refractivity contribution in [3.8, 4) is 16.9 Å². The van der Waals surface area contributed by atoms with Crippen LogP contribution in [0.1, 0.15) is 25.3 Å². The number of amides is 1. The number of rotatable bonds is 5. The van der Waals surface area contributed by atoms with Crippen molar-refractivity contribution in [2.75, 3.05) is 25.1 Å². The summed E-state index contributed by atoms with van der Waals surface area (Å²) in [4.78, 5) is 25.7. The summed E-state index contributed by atoms with van der Waals surface area (Å²) in [5.41, 5.74) is 2.76. The van der Waals surface area contributed by atoms with Crippen molar-refractivity contribution in [3.05, 3.63) is 66.2 Å². The molecular formula is C27H26ClFN4O2. The number of carbonyl (C=O) groups excluding carboxylic acids is 1. The zero-order valence-electron chi connectivity index (χ0n) is 19.7. The van der Waals surface area contributed by atoms with E-state index >= 15 is 4.39 Å². The Morgan fingerprint density at radius 1 is 1.23 bits per heavy atom. The van der Waals surface area contributed by atoms with Gasteiger partial charge in [-0.3, -0.25) is 4.79 Å². The molecule has 0 N–H and O–H groups in total. The molecule has 2 aliphatic heterocycles. The van der Waals surface area contributed by atoms with Crippen LogP contribution in [-0.4, -0.2) is 53.1 Å². The van der Waals surface area contributed by atoms with E-state index < -0.39 is 5.82 Å². The molecule has 6 nitrogen and oxygen atoms in total. The van der Waals surface area contributed by atoms with Crippen LogP contribution in [0.5, 0.6) is 5.75 Å². The minimum atomic E-state index is -0.443. The second-order valence-electron chi connectivity index (χ2n) is 9.04. The number of aromatic nitrogens is 2. The molecule has 2 bridgehead atoms. The fourth-order valence-electron chi connectivity index (χ4n) is 5.53. The first-order valence-electron chi connectivity index (χ1n) is 11.5. The lowest BCUT2D eigenvalue weighted by Gasteiger charge is -2.41. The molecular weight excluding hydrogens is 467 g/mol. The summed E-state index contributed by atoms with van der Waals surface area (Å²) in [5.74, 6) is 0.652. The lowest BCUT2D eigenvalue weighted by atomic mass is 9.92. The average Bonchev–Trinajstić information content (AvgIpc) is 3.11. The summed E-state index contributed by atoms with van der Waals surface area (Å²) in [6.07, 6.45) is 4.79. The van der Waals surface area contributed by atoms with E-state index in [0.29, 0.717) is 46.1 Å². The van der Waals surface area contributed by atoms with Gasteiger partial charge in [-0.25, -0.2) is 14.4 Å². The first-order chi connectivity index (χ1) is 16.8. The van der Waals surface area contributed by atoms with Crippen LogP contribution < -0.4 is 9.64 Å². The van der Waals surface area contributed by atoms with E-state index in [0.717, 1.165) is 24.0 Å². The Morgan fingerprint density at radius 3 is 2.57 bits per heavy atom. The van der Waals surface area contributed by atoms with Crippen molar-refractivity contribution < 1.29 is 13.9 Å². The van der Waals surface area contributed by atoms with E-state index in [1.807, 2.05) is 11.8 Å². The van der Waals surface area contributed by atoms with Gasteiger partial charge in [-0.2, -0.15) is 0 Å². The van der Waals surface area contributed by atoms with E-state index in [4.69, 9.17) is 16.3 Å². The minimum absolute atomic E-state index is 0.0271. The van der Waals surface area contributed by atoms with Gasteiger partial charge in [0.1, 0.15) is 23.7 Å². The van der Waals surface area contributed by atoms with Gasteiger partial charge in [0.05, 0.1) is 23.2 Å². The molecule has 2 aromatic carbocycles. The Balaban J connectivity index is 1.68. The second kappa shape index (κ2) is 8.96. The first-order valence-corrected chi connectivity index (χ1v) is 11.9. The van der Waals surface area contributed by atoms with Crippen LogP contribution in [0.2, 0.25) is 5.02 Å². The fourth-order valence-corrected chi connectivity index (χ4v) is 5.82. The summed E-state index contributed by atoms with van der Waals surface area (Å²) in [5, 5.41) is 1.12. The highest BCUT2D eigenvalue weighted by Gasteiger charge is 2.42. The fraction of sp³-hybridized carbons (Fsp3) is 0.296. The predicted molar refractivity (Wildman–Crippen MR) is 137 cm³/mol. The Labute approximate surface area is 208 Å². The quantitative estimate of drug-likeness (QED) is 0.440. The Kier molecular flexibility index (Phi) is 5.97. The highest BCUT2D eigenvalue weighted by atomic mass is 35.5. The van der Waals surface area contributed by atoms with Crippen LogP contribution in [0, 0.1) is 5.82 Å². The topological polar surface area (TPSA) is 58.6 Å². The molecule has 3 aromatic rings. The minimum Gasteiger partial charge on any atom is -0.496 e. The van der Waals surface area contributed by atoms with E-state index in [1.54, 1.807) is 18.2 Å². The van der Waals surface area contributed by atoms with Crippen LogP contribution in [0.25, 0.3) is 27.6 Å². The number of carbonyl (C=O) groups is 1. The number of fused-ring (bicyclic) bond motifs is 3. The summed E-state index contributed by atoms with van der Waals surface area (Å²) >= 11 is 6.85. The maximum absolute atomic E-state index is 15.1. The van der Waals surface area contributed by atoms with Crippen LogP contribution >= 0.6 is 11.6 Å². The van der Waals surface area contributed by atoms with E-state index in [-0.39, 0.29) is 23.6 Å². The normalized spacial score (nSPS) is 19.2. The maximum atomic E-state index is 15.1. The van der Waals surface area contributed by atoms with Crippen molar-refractivity contribution in [2.45, 2.75) is 31.8 Å². The van der Waals surface area contributed by atoms with Gasteiger partial charge >= 0.3 is 0 Å². The number of halogens is 2. The Bertz CT molecular complexity index is 1360. The monoisotopic (exact) mass is 492 g/mol. The molecule has 0 aliphatic carbocycles. The van der Waals surface area contributed by atoms with Crippen molar-refractivity contribution in [1.82, 2.24) is 14.9 Å².